The first-order chi connectivity index (χ1) is 13.6. The van der Waals surface area contributed by atoms with Gasteiger partial charge in [-0.15, -0.1) is 0 Å². The molecule has 1 N–H and O–H groups in total. The van der Waals surface area contributed by atoms with Crippen LogP contribution in [0.25, 0.3) is 11.4 Å². The van der Waals surface area contributed by atoms with Gasteiger partial charge in [-0.3, -0.25) is 14.6 Å². The summed E-state index contributed by atoms with van der Waals surface area (Å²) in [4.78, 5) is 21.3. The molecule has 0 bridgehead atoms. The Balaban J connectivity index is 1.29. The largest absolute Gasteiger partial charge is 0.497 e. The number of carbonyl (C=O) groups is 1. The van der Waals surface area contributed by atoms with E-state index in [-0.39, 0.29) is 11.9 Å². The molecular formula is C20H27N5O3. The maximum absolute atomic E-state index is 12.2. The zero-order valence-corrected chi connectivity index (χ0v) is 16.4. The van der Waals surface area contributed by atoms with Crippen molar-refractivity contribution in [1.82, 2.24) is 25.3 Å². The van der Waals surface area contributed by atoms with Crippen molar-refractivity contribution in [3.8, 4) is 17.1 Å². The number of hydrogen-bond donors (Lipinski definition) is 1. The first kappa shape index (κ1) is 18.9. The van der Waals surface area contributed by atoms with Gasteiger partial charge in [-0.2, -0.15) is 4.98 Å². The molecule has 2 fully saturated rings. The zero-order chi connectivity index (χ0) is 19.5. The lowest BCUT2D eigenvalue weighted by Crippen LogP contribution is -2.53. The number of rotatable bonds is 7. The molecule has 1 saturated carbocycles. The Morgan fingerprint density at radius 2 is 2.11 bits per heavy atom. The highest BCUT2D eigenvalue weighted by Gasteiger charge is 2.30. The molecule has 1 unspecified atom stereocenters. The minimum absolute atomic E-state index is 0.0779. The Bertz CT molecular complexity index is 812. The van der Waals surface area contributed by atoms with Crippen LogP contribution in [0.1, 0.15) is 25.7 Å². The molecule has 1 saturated heterocycles. The van der Waals surface area contributed by atoms with Crippen LogP contribution in [0.15, 0.2) is 28.8 Å². The topological polar surface area (TPSA) is 83.7 Å². The van der Waals surface area contributed by atoms with Crippen LogP contribution in [0.5, 0.6) is 5.75 Å². The molecule has 1 aromatic heterocycles. The minimum Gasteiger partial charge on any atom is -0.497 e. The number of amides is 1. The van der Waals surface area contributed by atoms with E-state index in [9.17, 15) is 4.79 Å². The molecule has 1 amide bonds. The first-order valence-electron chi connectivity index (χ1n) is 9.86. The Kier molecular flexibility index (Phi) is 5.59. The summed E-state index contributed by atoms with van der Waals surface area (Å²) in [6, 6.07) is 7.95. The van der Waals surface area contributed by atoms with E-state index in [2.05, 4.69) is 25.3 Å². The van der Waals surface area contributed by atoms with Crippen LogP contribution in [0, 0.1) is 0 Å². The van der Waals surface area contributed by atoms with Crippen molar-refractivity contribution in [1.29, 1.82) is 0 Å². The van der Waals surface area contributed by atoms with Gasteiger partial charge in [-0.1, -0.05) is 17.3 Å². The average molecular weight is 385 g/mol. The Morgan fingerprint density at radius 3 is 2.82 bits per heavy atom. The third-order valence-corrected chi connectivity index (χ3v) is 5.41. The van der Waals surface area contributed by atoms with Crippen molar-refractivity contribution in [3.05, 3.63) is 30.2 Å². The second kappa shape index (κ2) is 8.28. The second-order valence-electron chi connectivity index (χ2n) is 7.51. The molecule has 8 heteroatoms. The fourth-order valence-corrected chi connectivity index (χ4v) is 3.41. The fraction of sp³-hybridized carbons (Fsp3) is 0.550. The molecule has 2 heterocycles. The summed E-state index contributed by atoms with van der Waals surface area (Å²) in [5.74, 6) is 2.08. The number of nitrogens with one attached hydrogen (secondary N) is 1. The van der Waals surface area contributed by atoms with Gasteiger partial charge < -0.3 is 14.6 Å². The van der Waals surface area contributed by atoms with Crippen LogP contribution in [0.3, 0.4) is 0 Å². The van der Waals surface area contributed by atoms with Crippen molar-refractivity contribution in [2.24, 2.45) is 0 Å². The Labute approximate surface area is 164 Å². The molecular weight excluding hydrogens is 358 g/mol. The van der Waals surface area contributed by atoms with Crippen LogP contribution in [-0.4, -0.2) is 71.2 Å². The quantitative estimate of drug-likeness (QED) is 0.774. The van der Waals surface area contributed by atoms with Gasteiger partial charge in [-0.25, -0.2) is 0 Å². The standard InChI is InChI=1S/C20H27N5O3/c1-14(20(26)21-16-6-7-16)25-10-8-24(9-11-25)13-18-22-19(23-28-18)15-4-3-5-17(12-15)27-2/h3-5,12,14,16H,6-11,13H2,1-2H3,(H,21,26). The summed E-state index contributed by atoms with van der Waals surface area (Å²) in [6.45, 7) is 6.07. The van der Waals surface area contributed by atoms with Crippen molar-refractivity contribution in [3.63, 3.8) is 0 Å². The second-order valence-corrected chi connectivity index (χ2v) is 7.51. The molecule has 1 aliphatic heterocycles. The van der Waals surface area contributed by atoms with Gasteiger partial charge in [0.15, 0.2) is 0 Å². The molecule has 2 aliphatic rings. The van der Waals surface area contributed by atoms with Crippen LogP contribution in [0.2, 0.25) is 0 Å². The summed E-state index contributed by atoms with van der Waals surface area (Å²) in [6.07, 6.45) is 2.24. The van der Waals surface area contributed by atoms with Crippen LogP contribution < -0.4 is 10.1 Å². The predicted octanol–water partition coefficient (Wildman–Crippen LogP) is 1.53. The summed E-state index contributed by atoms with van der Waals surface area (Å²) in [5, 5.41) is 7.19. The van der Waals surface area contributed by atoms with E-state index in [0.717, 1.165) is 50.3 Å². The first-order valence-corrected chi connectivity index (χ1v) is 9.86. The van der Waals surface area contributed by atoms with Gasteiger partial charge in [0.05, 0.1) is 19.7 Å². The van der Waals surface area contributed by atoms with Crippen LogP contribution in [0.4, 0.5) is 0 Å². The normalized spacial score (nSPS) is 19.4. The third-order valence-electron chi connectivity index (χ3n) is 5.41. The van der Waals surface area contributed by atoms with E-state index in [1.54, 1.807) is 7.11 Å². The Morgan fingerprint density at radius 1 is 1.32 bits per heavy atom. The lowest BCUT2D eigenvalue weighted by Gasteiger charge is -2.36. The van der Waals surface area contributed by atoms with Crippen molar-refractivity contribution >= 4 is 5.91 Å². The molecule has 2 aromatic rings. The SMILES string of the molecule is COc1cccc(-c2noc(CN3CCN(C(C)C(=O)NC4CC4)CC3)n2)c1. The average Bonchev–Trinajstić information content (AvgIpc) is 3.42. The third kappa shape index (κ3) is 4.51. The van der Waals surface area contributed by atoms with Gasteiger partial charge in [0.2, 0.25) is 17.6 Å². The molecule has 1 atom stereocenters. The number of nitrogens with zero attached hydrogens (tertiary/aromatic N) is 4. The number of methoxy groups -OCH3 is 1. The number of benzene rings is 1. The highest BCUT2D eigenvalue weighted by atomic mass is 16.5. The van der Waals surface area contributed by atoms with Crippen molar-refractivity contribution in [2.75, 3.05) is 33.3 Å². The van der Waals surface area contributed by atoms with Gasteiger partial charge >= 0.3 is 0 Å². The number of ether oxygens (including phenoxy) is 1. The summed E-state index contributed by atoms with van der Waals surface area (Å²) in [5.41, 5.74) is 0.870. The molecule has 1 aromatic carbocycles. The van der Waals surface area contributed by atoms with Gasteiger partial charge in [-0.05, 0) is 31.9 Å². The molecule has 4 rings (SSSR count). The van der Waals surface area contributed by atoms with Gasteiger partial charge in [0.25, 0.3) is 0 Å². The summed E-state index contributed by atoms with van der Waals surface area (Å²) >= 11 is 0. The maximum Gasteiger partial charge on any atom is 0.241 e. The smallest absolute Gasteiger partial charge is 0.241 e. The van der Waals surface area contributed by atoms with Crippen LogP contribution >= 0.6 is 0 Å². The maximum atomic E-state index is 12.2. The molecule has 0 radical (unpaired) electrons. The highest BCUT2D eigenvalue weighted by molar-refractivity contribution is 5.81. The van der Waals surface area contributed by atoms with E-state index in [1.165, 1.54) is 0 Å². The van der Waals surface area contributed by atoms with Crippen molar-refractivity contribution in [2.45, 2.75) is 38.4 Å². The zero-order valence-electron chi connectivity index (χ0n) is 16.4. The number of carbonyl (C=O) groups excluding carboxylic acids is 1. The molecule has 28 heavy (non-hydrogen) atoms. The lowest BCUT2D eigenvalue weighted by atomic mass is 10.2. The number of piperazine rings is 1. The summed E-state index contributed by atoms with van der Waals surface area (Å²) in [7, 11) is 1.64. The molecule has 8 nitrogen and oxygen atoms in total. The summed E-state index contributed by atoms with van der Waals surface area (Å²) < 4.78 is 10.7. The van der Waals surface area contributed by atoms with E-state index < -0.39 is 0 Å². The fourth-order valence-electron chi connectivity index (χ4n) is 3.41. The van der Waals surface area contributed by atoms with Crippen LogP contribution in [-0.2, 0) is 11.3 Å². The molecule has 1 aliphatic carbocycles. The van der Waals surface area contributed by atoms with Gasteiger partial charge in [0.1, 0.15) is 5.75 Å². The highest BCUT2D eigenvalue weighted by Crippen LogP contribution is 2.22. The predicted molar refractivity (Wildman–Crippen MR) is 104 cm³/mol. The molecule has 150 valence electrons. The molecule has 0 spiro atoms. The number of hydrogen-bond acceptors (Lipinski definition) is 7. The minimum atomic E-state index is -0.0779. The number of aromatic nitrogens is 2. The van der Waals surface area contributed by atoms with E-state index >= 15 is 0 Å². The van der Waals surface area contributed by atoms with E-state index in [4.69, 9.17) is 9.26 Å². The van der Waals surface area contributed by atoms with Gasteiger partial charge in [0, 0.05) is 37.8 Å². The van der Waals surface area contributed by atoms with E-state index in [1.807, 2.05) is 31.2 Å². The monoisotopic (exact) mass is 385 g/mol. The lowest BCUT2D eigenvalue weighted by molar-refractivity contribution is -0.126. The Hall–Kier alpha value is -2.45. The van der Waals surface area contributed by atoms with Crippen molar-refractivity contribution < 1.29 is 14.1 Å². The van der Waals surface area contributed by atoms with E-state index in [0.29, 0.717) is 24.3 Å².